The summed E-state index contributed by atoms with van der Waals surface area (Å²) in [4.78, 5) is 0. The molecule has 0 spiro atoms. The van der Waals surface area contributed by atoms with Crippen LogP contribution in [0.25, 0.3) is 86.3 Å². The van der Waals surface area contributed by atoms with E-state index in [0.717, 1.165) is 0 Å². The Kier molecular flexibility index (Phi) is 5.09. The fourth-order valence-corrected chi connectivity index (χ4v) is 9.83. The highest BCUT2D eigenvalue weighted by Gasteiger charge is 2.35. The zero-order valence-electron chi connectivity index (χ0n) is 26.7. The van der Waals surface area contributed by atoms with Crippen LogP contribution in [0.2, 0.25) is 0 Å². The first-order valence-corrected chi connectivity index (χ1v) is 17.5. The number of hydrogen-bond acceptors (Lipinski definition) is 1. The zero-order valence-corrected chi connectivity index (χ0v) is 27.5. The average Bonchev–Trinajstić information content (AvgIpc) is 3.83. The third kappa shape index (κ3) is 3.31. The lowest BCUT2D eigenvalue weighted by atomic mass is 9.82. The van der Waals surface area contributed by atoms with Crippen LogP contribution in [0.3, 0.4) is 0 Å². The van der Waals surface area contributed by atoms with Crippen molar-refractivity contribution in [1.82, 2.24) is 9.13 Å². The molecular weight excluding hydrogens is 601 g/mol. The number of hydrogen-bond donors (Lipinski definition) is 0. The molecule has 2 nitrogen and oxygen atoms in total. The van der Waals surface area contributed by atoms with Crippen LogP contribution in [0.1, 0.15) is 25.0 Å². The van der Waals surface area contributed by atoms with E-state index < -0.39 is 0 Å². The molecule has 7 aromatic carbocycles. The van der Waals surface area contributed by atoms with Crippen molar-refractivity contribution in [2.75, 3.05) is 0 Å². The summed E-state index contributed by atoms with van der Waals surface area (Å²) in [5.74, 6) is 0. The molecule has 0 amide bonds. The van der Waals surface area contributed by atoms with Crippen LogP contribution in [-0.4, -0.2) is 9.13 Å². The average molecular weight is 631 g/mol. The highest BCUT2D eigenvalue weighted by atomic mass is 32.1. The summed E-state index contributed by atoms with van der Waals surface area (Å²) in [5.41, 5.74) is 12.8. The van der Waals surface area contributed by atoms with Crippen molar-refractivity contribution in [1.29, 1.82) is 0 Å². The molecule has 48 heavy (non-hydrogen) atoms. The second-order valence-electron chi connectivity index (χ2n) is 13.7. The zero-order chi connectivity index (χ0) is 31.7. The van der Waals surface area contributed by atoms with E-state index in [1.165, 1.54) is 97.4 Å². The van der Waals surface area contributed by atoms with Crippen LogP contribution in [0.15, 0.2) is 146 Å². The molecule has 3 heteroatoms. The number of rotatable bonds is 2. The van der Waals surface area contributed by atoms with E-state index in [-0.39, 0.29) is 5.41 Å². The Morgan fingerprint density at radius 3 is 1.96 bits per heavy atom. The van der Waals surface area contributed by atoms with Crippen molar-refractivity contribution >= 4 is 75.1 Å². The van der Waals surface area contributed by atoms with Gasteiger partial charge in [-0.2, -0.15) is 0 Å². The van der Waals surface area contributed by atoms with Crippen molar-refractivity contribution in [3.63, 3.8) is 0 Å². The third-order valence-corrected chi connectivity index (χ3v) is 12.1. The van der Waals surface area contributed by atoms with Crippen molar-refractivity contribution < 1.29 is 0 Å². The predicted octanol–water partition coefficient (Wildman–Crippen LogP) is 12.6. The number of para-hydroxylation sites is 2. The summed E-state index contributed by atoms with van der Waals surface area (Å²) in [7, 11) is 0. The maximum Gasteiger partial charge on any atom is 0.0641 e. The van der Waals surface area contributed by atoms with Gasteiger partial charge in [-0.3, -0.25) is 0 Å². The van der Waals surface area contributed by atoms with Crippen molar-refractivity contribution in [2.24, 2.45) is 0 Å². The molecule has 226 valence electrons. The quantitative estimate of drug-likeness (QED) is 0.180. The van der Waals surface area contributed by atoms with Gasteiger partial charge in [0, 0.05) is 58.5 Å². The van der Waals surface area contributed by atoms with E-state index in [4.69, 9.17) is 0 Å². The molecule has 3 aromatic heterocycles. The van der Waals surface area contributed by atoms with Crippen LogP contribution in [0, 0.1) is 0 Å². The van der Waals surface area contributed by atoms with Crippen LogP contribution >= 0.6 is 11.3 Å². The first-order valence-electron chi connectivity index (χ1n) is 16.7. The smallest absolute Gasteiger partial charge is 0.0641 e. The highest BCUT2D eigenvalue weighted by Crippen LogP contribution is 2.50. The molecule has 11 rings (SSSR count). The van der Waals surface area contributed by atoms with E-state index in [9.17, 15) is 0 Å². The molecule has 0 bridgehead atoms. The van der Waals surface area contributed by atoms with Crippen LogP contribution < -0.4 is 0 Å². The van der Waals surface area contributed by atoms with Crippen molar-refractivity contribution in [3.8, 4) is 22.5 Å². The first-order chi connectivity index (χ1) is 23.6. The van der Waals surface area contributed by atoms with Gasteiger partial charge in [0.1, 0.15) is 0 Å². The number of benzene rings is 7. The summed E-state index contributed by atoms with van der Waals surface area (Å²) >= 11 is 1.87. The summed E-state index contributed by atoms with van der Waals surface area (Å²) in [6.07, 6.45) is 0. The Morgan fingerprint density at radius 2 is 1.08 bits per heavy atom. The van der Waals surface area contributed by atoms with E-state index in [1.54, 1.807) is 0 Å². The largest absolute Gasteiger partial charge is 0.309 e. The van der Waals surface area contributed by atoms with E-state index in [1.807, 2.05) is 11.3 Å². The fourth-order valence-electron chi connectivity index (χ4n) is 8.74. The minimum absolute atomic E-state index is 0.0646. The van der Waals surface area contributed by atoms with Crippen molar-refractivity contribution in [2.45, 2.75) is 19.3 Å². The number of aromatic nitrogens is 2. The molecule has 0 saturated carbocycles. The maximum atomic E-state index is 2.51. The summed E-state index contributed by atoms with van der Waals surface area (Å²) in [6, 6.07) is 54.3. The van der Waals surface area contributed by atoms with Gasteiger partial charge in [0.05, 0.1) is 22.1 Å². The molecule has 1 aliphatic carbocycles. The fraction of sp³-hybridized carbons (Fsp3) is 0.0667. The lowest BCUT2D eigenvalue weighted by Crippen LogP contribution is -2.15. The second kappa shape index (κ2) is 9.25. The Labute approximate surface area is 281 Å². The molecule has 0 unspecified atom stereocenters. The van der Waals surface area contributed by atoms with E-state index in [2.05, 4.69) is 169 Å². The Morgan fingerprint density at radius 1 is 0.438 bits per heavy atom. The lowest BCUT2D eigenvalue weighted by molar-refractivity contribution is 0.660. The first kappa shape index (κ1) is 26.4. The normalized spacial score (nSPS) is 13.8. The number of thiophene rings is 1. The monoisotopic (exact) mass is 630 g/mol. The topological polar surface area (TPSA) is 9.86 Å². The molecule has 0 saturated heterocycles. The molecular formula is C45H30N2S. The minimum atomic E-state index is -0.0646. The Balaban J connectivity index is 1.25. The SMILES string of the molecule is CC1(C)c2ccccc2-c2ccc(-n3c4ccccc4c4c3ccc3c5ccccc5n(-c5ccc6sc7ccccc7c6c5)c34)cc21. The standard InChI is InChI=1S/C45H30N2S/c1-45(2)36-15-7-3-11-29(36)30-21-19-28(26-37(30)45)46-39-17-9-5-14-34(39)43-40(46)23-22-33-31-12-4-8-16-38(31)47(44(33)43)27-20-24-42-35(25-27)32-13-6-10-18-41(32)48-42/h3-26H,1-2H3. The lowest BCUT2D eigenvalue weighted by Gasteiger charge is -2.22. The minimum Gasteiger partial charge on any atom is -0.309 e. The number of nitrogens with zero attached hydrogens (tertiary/aromatic N) is 2. The van der Waals surface area contributed by atoms with Gasteiger partial charge in [-0.25, -0.2) is 0 Å². The Hall–Kier alpha value is -5.64. The Bertz CT molecular complexity index is 2980. The second-order valence-corrected chi connectivity index (χ2v) is 14.8. The summed E-state index contributed by atoms with van der Waals surface area (Å²) in [6.45, 7) is 4.73. The molecule has 0 radical (unpaired) electrons. The molecule has 1 aliphatic rings. The molecule has 3 heterocycles. The molecule has 10 aromatic rings. The van der Waals surface area contributed by atoms with Crippen LogP contribution in [0.4, 0.5) is 0 Å². The van der Waals surface area contributed by atoms with E-state index in [0.29, 0.717) is 0 Å². The van der Waals surface area contributed by atoms with E-state index >= 15 is 0 Å². The van der Waals surface area contributed by atoms with Crippen molar-refractivity contribution in [3.05, 3.63) is 157 Å². The highest BCUT2D eigenvalue weighted by molar-refractivity contribution is 7.25. The van der Waals surface area contributed by atoms with Gasteiger partial charge >= 0.3 is 0 Å². The molecule has 0 aliphatic heterocycles. The van der Waals surface area contributed by atoms with Gasteiger partial charge in [-0.1, -0.05) is 105 Å². The van der Waals surface area contributed by atoms with Gasteiger partial charge in [0.25, 0.3) is 0 Å². The van der Waals surface area contributed by atoms with Gasteiger partial charge in [0.2, 0.25) is 0 Å². The maximum absolute atomic E-state index is 2.51. The molecule has 0 atom stereocenters. The van der Waals surface area contributed by atoms with Gasteiger partial charge in [-0.15, -0.1) is 11.3 Å². The van der Waals surface area contributed by atoms with Crippen LogP contribution in [-0.2, 0) is 5.41 Å². The van der Waals surface area contributed by atoms with Gasteiger partial charge in [-0.05, 0) is 76.9 Å². The van der Waals surface area contributed by atoms with Crippen LogP contribution in [0.5, 0.6) is 0 Å². The van der Waals surface area contributed by atoms with Gasteiger partial charge in [0.15, 0.2) is 0 Å². The van der Waals surface area contributed by atoms with Gasteiger partial charge < -0.3 is 9.13 Å². The summed E-state index contributed by atoms with van der Waals surface area (Å²) < 4.78 is 7.65. The predicted molar refractivity (Wildman–Crippen MR) is 206 cm³/mol. The summed E-state index contributed by atoms with van der Waals surface area (Å²) in [5, 5.41) is 7.75. The molecule has 0 N–H and O–H groups in total. The molecule has 0 fully saturated rings. The third-order valence-electron chi connectivity index (χ3n) is 10.9. The number of fused-ring (bicyclic) bond motifs is 13.